The molecule has 5 nitrogen and oxygen atoms in total. The predicted octanol–water partition coefficient (Wildman–Crippen LogP) is 1.46. The van der Waals surface area contributed by atoms with Gasteiger partial charge in [-0.15, -0.1) is 0 Å². The number of nitrogens with zero attached hydrogens (tertiary/aromatic N) is 2. The number of hydrogen-bond donors (Lipinski definition) is 0. The fourth-order valence-corrected chi connectivity index (χ4v) is 2.26. The second-order valence-corrected chi connectivity index (χ2v) is 5.17. The Hall–Kier alpha value is -2.31. The van der Waals surface area contributed by atoms with Crippen LogP contribution in [0.25, 0.3) is 0 Å². The van der Waals surface area contributed by atoms with E-state index in [1.54, 1.807) is 0 Å². The van der Waals surface area contributed by atoms with Crippen LogP contribution in [0.2, 0.25) is 0 Å². The number of carbonyl (C=O) groups is 3. The maximum atomic E-state index is 13.5. The van der Waals surface area contributed by atoms with Crippen molar-refractivity contribution in [3.8, 4) is 0 Å². The summed E-state index contributed by atoms with van der Waals surface area (Å²) in [7, 11) is 1.48. The molecule has 118 valence electrons. The number of carbonyl (C=O) groups excluding carboxylic acids is 3. The topological polar surface area (TPSA) is 57.7 Å². The second-order valence-electron chi connectivity index (χ2n) is 5.17. The zero-order valence-corrected chi connectivity index (χ0v) is 12.1. The van der Waals surface area contributed by atoms with E-state index in [-0.39, 0.29) is 55.6 Å². The van der Waals surface area contributed by atoms with Gasteiger partial charge in [0.15, 0.2) is 0 Å². The van der Waals surface area contributed by atoms with Crippen LogP contribution in [0.4, 0.5) is 8.78 Å². The molecule has 1 aliphatic rings. The van der Waals surface area contributed by atoms with E-state index in [4.69, 9.17) is 0 Å². The van der Waals surface area contributed by atoms with Crippen molar-refractivity contribution in [3.63, 3.8) is 0 Å². The van der Waals surface area contributed by atoms with Crippen LogP contribution in [-0.2, 0) is 20.9 Å². The summed E-state index contributed by atoms with van der Waals surface area (Å²) in [6.45, 7) is 0.0274. The van der Waals surface area contributed by atoms with Gasteiger partial charge in [0.1, 0.15) is 11.6 Å². The van der Waals surface area contributed by atoms with Crippen molar-refractivity contribution >= 4 is 17.7 Å². The van der Waals surface area contributed by atoms with Gasteiger partial charge in [0, 0.05) is 51.0 Å². The minimum Gasteiger partial charge on any atom is -0.341 e. The van der Waals surface area contributed by atoms with Gasteiger partial charge in [-0.05, 0) is 6.07 Å². The molecule has 0 unspecified atom stereocenters. The lowest BCUT2D eigenvalue weighted by atomic mass is 10.2. The first-order chi connectivity index (χ1) is 10.4. The summed E-state index contributed by atoms with van der Waals surface area (Å²) in [5.41, 5.74) is 0.200. The molecule has 0 N–H and O–H groups in total. The molecule has 3 amide bonds. The molecule has 0 radical (unpaired) electrons. The highest BCUT2D eigenvalue weighted by atomic mass is 19.1. The zero-order valence-electron chi connectivity index (χ0n) is 12.1. The van der Waals surface area contributed by atoms with E-state index in [2.05, 4.69) is 0 Å². The highest BCUT2D eigenvalue weighted by Gasteiger charge is 2.29. The van der Waals surface area contributed by atoms with Gasteiger partial charge in [0.2, 0.25) is 17.7 Å². The average molecular weight is 310 g/mol. The van der Waals surface area contributed by atoms with Gasteiger partial charge in [0.25, 0.3) is 0 Å². The largest absolute Gasteiger partial charge is 0.341 e. The minimum atomic E-state index is -0.718. The van der Waals surface area contributed by atoms with Crippen molar-refractivity contribution in [3.05, 3.63) is 35.4 Å². The molecule has 0 aromatic heterocycles. The summed E-state index contributed by atoms with van der Waals surface area (Å²) in [4.78, 5) is 37.2. The van der Waals surface area contributed by atoms with Crippen LogP contribution in [0, 0.1) is 11.6 Å². The van der Waals surface area contributed by atoms with E-state index in [0.29, 0.717) is 0 Å². The monoisotopic (exact) mass is 310 g/mol. The van der Waals surface area contributed by atoms with Crippen LogP contribution in [0.1, 0.15) is 24.8 Å². The van der Waals surface area contributed by atoms with Gasteiger partial charge in [-0.2, -0.15) is 0 Å². The lowest BCUT2D eigenvalue weighted by molar-refractivity contribution is -0.139. The van der Waals surface area contributed by atoms with E-state index in [1.807, 2.05) is 0 Å². The van der Waals surface area contributed by atoms with Crippen molar-refractivity contribution in [2.45, 2.75) is 25.8 Å². The maximum Gasteiger partial charge on any atom is 0.229 e. The molecule has 0 saturated carbocycles. The van der Waals surface area contributed by atoms with Gasteiger partial charge in [0.05, 0.1) is 0 Å². The summed E-state index contributed by atoms with van der Waals surface area (Å²) in [6.07, 6.45) is 0.351. The Bertz CT molecular complexity index is 603. The third kappa shape index (κ3) is 3.66. The van der Waals surface area contributed by atoms with Crippen molar-refractivity contribution in [1.29, 1.82) is 0 Å². The van der Waals surface area contributed by atoms with Gasteiger partial charge in [-0.1, -0.05) is 6.07 Å². The molecule has 1 fully saturated rings. The Morgan fingerprint density at radius 2 is 1.86 bits per heavy atom. The molecule has 0 aliphatic carbocycles. The molecular weight excluding hydrogens is 294 g/mol. The molecule has 1 aromatic carbocycles. The van der Waals surface area contributed by atoms with E-state index in [1.165, 1.54) is 18.0 Å². The fourth-order valence-electron chi connectivity index (χ4n) is 2.26. The van der Waals surface area contributed by atoms with Crippen LogP contribution in [0.3, 0.4) is 0 Å². The van der Waals surface area contributed by atoms with Crippen molar-refractivity contribution < 1.29 is 23.2 Å². The van der Waals surface area contributed by atoms with Gasteiger partial charge in [-0.3, -0.25) is 19.3 Å². The molecule has 0 bridgehead atoms. The van der Waals surface area contributed by atoms with Gasteiger partial charge < -0.3 is 4.90 Å². The normalized spacial score (nSPS) is 14.6. The van der Waals surface area contributed by atoms with Crippen LogP contribution in [0.15, 0.2) is 18.2 Å². The lowest BCUT2D eigenvalue weighted by Crippen LogP contribution is -2.34. The zero-order chi connectivity index (χ0) is 16.3. The molecule has 0 atom stereocenters. The van der Waals surface area contributed by atoms with E-state index in [9.17, 15) is 23.2 Å². The Labute approximate surface area is 126 Å². The predicted molar refractivity (Wildman–Crippen MR) is 73.4 cm³/mol. The number of imide groups is 1. The number of likely N-dealkylation sites (tertiary alicyclic amines) is 1. The molecule has 0 spiro atoms. The highest BCUT2D eigenvalue weighted by Crippen LogP contribution is 2.14. The van der Waals surface area contributed by atoms with Crippen molar-refractivity contribution in [2.75, 3.05) is 13.6 Å². The van der Waals surface area contributed by atoms with Crippen LogP contribution in [0.5, 0.6) is 0 Å². The summed E-state index contributed by atoms with van der Waals surface area (Å²) in [6, 6.07) is 3.16. The Morgan fingerprint density at radius 3 is 2.45 bits per heavy atom. The fraction of sp³-hybridized carbons (Fsp3) is 0.400. The maximum absolute atomic E-state index is 13.5. The molecule has 1 saturated heterocycles. The third-order valence-electron chi connectivity index (χ3n) is 3.55. The summed E-state index contributed by atoms with van der Waals surface area (Å²) >= 11 is 0. The molecular formula is C15H16F2N2O3. The smallest absolute Gasteiger partial charge is 0.229 e. The average Bonchev–Trinajstić information content (AvgIpc) is 2.78. The molecule has 1 heterocycles. The quantitative estimate of drug-likeness (QED) is 0.774. The second kappa shape index (κ2) is 6.64. The molecule has 22 heavy (non-hydrogen) atoms. The lowest BCUT2D eigenvalue weighted by Gasteiger charge is -2.19. The van der Waals surface area contributed by atoms with E-state index < -0.39 is 11.6 Å². The Kier molecular flexibility index (Phi) is 4.85. The number of hydrogen-bond acceptors (Lipinski definition) is 3. The van der Waals surface area contributed by atoms with Crippen molar-refractivity contribution in [1.82, 2.24) is 9.80 Å². The summed E-state index contributed by atoms with van der Waals surface area (Å²) < 4.78 is 26.4. The van der Waals surface area contributed by atoms with Gasteiger partial charge in [-0.25, -0.2) is 8.78 Å². The highest BCUT2D eigenvalue weighted by molar-refractivity contribution is 6.02. The number of rotatable bonds is 5. The summed E-state index contributed by atoms with van der Waals surface area (Å²) in [5.74, 6) is -2.27. The standard InChI is InChI=1S/C15H16F2N2O3/c1-18(9-10-2-3-11(16)8-12(10)17)13(20)6-7-19-14(21)4-5-15(19)22/h2-3,8H,4-7,9H2,1H3. The first-order valence-corrected chi connectivity index (χ1v) is 6.89. The first-order valence-electron chi connectivity index (χ1n) is 6.89. The third-order valence-corrected chi connectivity index (χ3v) is 3.55. The number of halogens is 2. The van der Waals surface area contributed by atoms with E-state index in [0.717, 1.165) is 17.0 Å². The van der Waals surface area contributed by atoms with Gasteiger partial charge >= 0.3 is 0 Å². The number of amides is 3. The van der Waals surface area contributed by atoms with E-state index >= 15 is 0 Å². The first kappa shape index (κ1) is 16.1. The van der Waals surface area contributed by atoms with Crippen LogP contribution < -0.4 is 0 Å². The minimum absolute atomic E-state index is 0.00710. The Balaban J connectivity index is 1.89. The molecule has 2 rings (SSSR count). The number of benzene rings is 1. The summed E-state index contributed by atoms with van der Waals surface area (Å²) in [5, 5.41) is 0. The molecule has 1 aliphatic heterocycles. The SMILES string of the molecule is CN(Cc1ccc(F)cc1F)C(=O)CCN1C(=O)CCC1=O. The van der Waals surface area contributed by atoms with Crippen LogP contribution >= 0.6 is 0 Å². The molecule has 1 aromatic rings. The Morgan fingerprint density at radius 1 is 1.23 bits per heavy atom. The van der Waals surface area contributed by atoms with Crippen LogP contribution in [-0.4, -0.2) is 41.1 Å². The molecule has 7 heteroatoms. The van der Waals surface area contributed by atoms with Crippen molar-refractivity contribution in [2.24, 2.45) is 0 Å².